The molecule has 1 amide bonds. The predicted molar refractivity (Wildman–Crippen MR) is 112 cm³/mol. The second kappa shape index (κ2) is 7.80. The van der Waals surface area contributed by atoms with E-state index >= 15 is 0 Å². The van der Waals surface area contributed by atoms with Crippen molar-refractivity contribution < 1.29 is 4.79 Å². The van der Waals surface area contributed by atoms with Gasteiger partial charge in [-0.05, 0) is 43.4 Å². The maximum absolute atomic E-state index is 12.9. The van der Waals surface area contributed by atoms with Crippen molar-refractivity contribution in [2.75, 3.05) is 6.54 Å². The summed E-state index contributed by atoms with van der Waals surface area (Å²) in [6.45, 7) is 2.33. The summed E-state index contributed by atoms with van der Waals surface area (Å²) in [6, 6.07) is 17.1. The van der Waals surface area contributed by atoms with Crippen LogP contribution in [-0.2, 0) is 0 Å². The molecule has 0 saturated heterocycles. The highest BCUT2D eigenvalue weighted by Crippen LogP contribution is 2.26. The van der Waals surface area contributed by atoms with E-state index in [4.69, 9.17) is 22.9 Å². The topological polar surface area (TPSA) is 71.2 Å². The smallest absolute Gasteiger partial charge is 0.270 e. The molecular formula is C19H17BrN4OS. The summed E-state index contributed by atoms with van der Waals surface area (Å²) in [5.74, 6) is -0.283. The van der Waals surface area contributed by atoms with Gasteiger partial charge >= 0.3 is 0 Å². The van der Waals surface area contributed by atoms with Crippen LogP contribution in [0.2, 0.25) is 0 Å². The lowest BCUT2D eigenvalue weighted by atomic mass is 10.0. The zero-order valence-electron chi connectivity index (χ0n) is 14.1. The maximum Gasteiger partial charge on any atom is 0.270 e. The zero-order valence-corrected chi connectivity index (χ0v) is 16.5. The molecular weight excluding hydrogens is 412 g/mol. The van der Waals surface area contributed by atoms with Gasteiger partial charge in [-0.25, -0.2) is 4.98 Å². The number of carbonyl (C=O) groups is 1. The first kappa shape index (κ1) is 18.3. The molecule has 0 spiro atoms. The summed E-state index contributed by atoms with van der Waals surface area (Å²) in [4.78, 5) is 17.6. The van der Waals surface area contributed by atoms with Gasteiger partial charge in [-0.2, -0.15) is 0 Å². The van der Waals surface area contributed by atoms with Gasteiger partial charge in [0.2, 0.25) is 0 Å². The molecule has 0 unspecified atom stereocenters. The number of rotatable bonds is 3. The number of pyridine rings is 1. The number of halogens is 1. The fourth-order valence-corrected chi connectivity index (χ4v) is 3.21. The van der Waals surface area contributed by atoms with E-state index in [1.54, 1.807) is 6.07 Å². The number of amides is 1. The van der Waals surface area contributed by atoms with Gasteiger partial charge in [0.1, 0.15) is 0 Å². The van der Waals surface area contributed by atoms with Crippen molar-refractivity contribution in [1.29, 1.82) is 0 Å². The number of hydrazine groups is 1. The number of carbonyl (C=O) groups excluding carboxylic acids is 1. The van der Waals surface area contributed by atoms with Crippen LogP contribution in [0.4, 0.5) is 0 Å². The number of thiocarbonyl (C=S) groups is 1. The Morgan fingerprint density at radius 3 is 2.69 bits per heavy atom. The number of fused-ring (bicyclic) bond motifs is 1. The SMILES string of the molecule is CCN(NC(=O)c1cc(-c2cccc(Br)c2)nc2ccccc12)C(N)=S. The van der Waals surface area contributed by atoms with E-state index in [1.807, 2.05) is 55.5 Å². The molecule has 0 aliphatic rings. The molecule has 1 heterocycles. The zero-order chi connectivity index (χ0) is 18.7. The molecule has 0 radical (unpaired) electrons. The number of para-hydroxylation sites is 1. The molecule has 1 aromatic heterocycles. The van der Waals surface area contributed by atoms with E-state index < -0.39 is 0 Å². The number of hydrogen-bond acceptors (Lipinski definition) is 3. The quantitative estimate of drug-likeness (QED) is 0.489. The number of nitrogens with two attached hydrogens (primary N) is 1. The van der Waals surface area contributed by atoms with Crippen molar-refractivity contribution in [3.8, 4) is 11.3 Å². The summed E-state index contributed by atoms with van der Waals surface area (Å²) >= 11 is 8.44. The number of hydrogen-bond donors (Lipinski definition) is 2. The molecule has 0 atom stereocenters. The fourth-order valence-electron chi connectivity index (χ4n) is 2.63. The number of nitrogens with zero attached hydrogens (tertiary/aromatic N) is 2. The van der Waals surface area contributed by atoms with Gasteiger partial charge in [-0.1, -0.05) is 46.3 Å². The van der Waals surface area contributed by atoms with Gasteiger partial charge < -0.3 is 5.73 Å². The van der Waals surface area contributed by atoms with Crippen LogP contribution in [0.3, 0.4) is 0 Å². The van der Waals surface area contributed by atoms with Crippen molar-refractivity contribution in [1.82, 2.24) is 15.4 Å². The summed E-state index contributed by atoms with van der Waals surface area (Å²) < 4.78 is 0.946. The van der Waals surface area contributed by atoms with Crippen molar-refractivity contribution >= 4 is 50.1 Å². The van der Waals surface area contributed by atoms with E-state index in [2.05, 4.69) is 21.4 Å². The number of nitrogens with one attached hydrogen (secondary N) is 1. The molecule has 0 fully saturated rings. The molecule has 0 aliphatic carbocycles. The molecule has 3 rings (SSSR count). The Hall–Kier alpha value is -2.51. The Morgan fingerprint density at radius 2 is 2.00 bits per heavy atom. The Bertz CT molecular complexity index is 992. The molecule has 132 valence electrons. The Kier molecular flexibility index (Phi) is 5.49. The maximum atomic E-state index is 12.9. The fraction of sp³-hybridized carbons (Fsp3) is 0.105. The molecule has 0 saturated carbocycles. The summed E-state index contributed by atoms with van der Waals surface area (Å²) in [5.41, 5.74) is 11.3. The highest BCUT2D eigenvalue weighted by atomic mass is 79.9. The van der Waals surface area contributed by atoms with Crippen LogP contribution in [0.25, 0.3) is 22.2 Å². The van der Waals surface area contributed by atoms with Gasteiger partial charge in [0.25, 0.3) is 5.91 Å². The summed E-state index contributed by atoms with van der Waals surface area (Å²) in [5, 5.41) is 2.32. The van der Waals surface area contributed by atoms with E-state index in [-0.39, 0.29) is 11.0 Å². The lowest BCUT2D eigenvalue weighted by molar-refractivity contribution is 0.0876. The first-order valence-corrected chi connectivity index (χ1v) is 9.23. The molecule has 3 aromatic rings. The predicted octanol–water partition coefficient (Wildman–Crippen LogP) is 3.87. The Morgan fingerprint density at radius 1 is 1.23 bits per heavy atom. The van der Waals surface area contributed by atoms with Gasteiger partial charge in [-0.15, -0.1) is 0 Å². The first-order valence-electron chi connectivity index (χ1n) is 8.03. The number of benzene rings is 2. The molecule has 2 aromatic carbocycles. The third kappa shape index (κ3) is 3.84. The molecule has 5 nitrogen and oxygen atoms in total. The summed E-state index contributed by atoms with van der Waals surface area (Å²) in [7, 11) is 0. The van der Waals surface area contributed by atoms with Crippen LogP contribution in [0.15, 0.2) is 59.1 Å². The lowest BCUT2D eigenvalue weighted by Gasteiger charge is -2.22. The van der Waals surface area contributed by atoms with Crippen LogP contribution >= 0.6 is 28.1 Å². The standard InChI is InChI=1S/C19H17BrN4OS/c1-2-24(19(21)26)23-18(25)15-11-17(12-6-5-7-13(20)10-12)22-16-9-4-3-8-14(15)16/h3-11H,2H2,1H3,(H2,21,26)(H,23,25). The molecule has 26 heavy (non-hydrogen) atoms. The largest absolute Gasteiger partial charge is 0.375 e. The normalized spacial score (nSPS) is 10.5. The second-order valence-corrected chi connectivity index (χ2v) is 6.94. The molecule has 7 heteroatoms. The van der Waals surface area contributed by atoms with Gasteiger partial charge in [0, 0.05) is 22.0 Å². The first-order chi connectivity index (χ1) is 12.5. The van der Waals surface area contributed by atoms with Gasteiger partial charge in [0.15, 0.2) is 5.11 Å². The van der Waals surface area contributed by atoms with Crippen LogP contribution in [0, 0.1) is 0 Å². The minimum Gasteiger partial charge on any atom is -0.375 e. The highest BCUT2D eigenvalue weighted by Gasteiger charge is 2.16. The minimum absolute atomic E-state index is 0.117. The van der Waals surface area contributed by atoms with Crippen LogP contribution in [-0.4, -0.2) is 27.6 Å². The lowest BCUT2D eigenvalue weighted by Crippen LogP contribution is -2.48. The Balaban J connectivity index is 2.11. The van der Waals surface area contributed by atoms with Crippen molar-refractivity contribution in [2.45, 2.75) is 6.92 Å². The van der Waals surface area contributed by atoms with Crippen molar-refractivity contribution in [3.05, 3.63) is 64.6 Å². The summed E-state index contributed by atoms with van der Waals surface area (Å²) in [6.07, 6.45) is 0. The van der Waals surface area contributed by atoms with Gasteiger partial charge in [0.05, 0.1) is 16.8 Å². The van der Waals surface area contributed by atoms with Crippen LogP contribution in [0.5, 0.6) is 0 Å². The minimum atomic E-state index is -0.283. The average Bonchev–Trinajstić information content (AvgIpc) is 2.64. The van der Waals surface area contributed by atoms with E-state index in [0.717, 1.165) is 20.9 Å². The third-order valence-corrected chi connectivity index (χ3v) is 4.61. The van der Waals surface area contributed by atoms with E-state index in [9.17, 15) is 4.79 Å². The Labute approximate surface area is 165 Å². The molecule has 0 aliphatic heterocycles. The van der Waals surface area contributed by atoms with E-state index in [1.165, 1.54) is 5.01 Å². The number of aromatic nitrogens is 1. The van der Waals surface area contributed by atoms with E-state index in [0.29, 0.717) is 17.8 Å². The molecule has 0 bridgehead atoms. The average molecular weight is 429 g/mol. The van der Waals surface area contributed by atoms with Gasteiger partial charge in [-0.3, -0.25) is 15.2 Å². The van der Waals surface area contributed by atoms with Crippen molar-refractivity contribution in [2.24, 2.45) is 5.73 Å². The molecule has 3 N–H and O–H groups in total. The monoisotopic (exact) mass is 428 g/mol. The van der Waals surface area contributed by atoms with Crippen LogP contribution < -0.4 is 11.2 Å². The second-order valence-electron chi connectivity index (χ2n) is 5.61. The highest BCUT2D eigenvalue weighted by molar-refractivity contribution is 9.10. The van der Waals surface area contributed by atoms with Crippen LogP contribution in [0.1, 0.15) is 17.3 Å². The third-order valence-electron chi connectivity index (χ3n) is 3.90. The van der Waals surface area contributed by atoms with Crippen molar-refractivity contribution in [3.63, 3.8) is 0 Å².